The second-order valence-corrected chi connectivity index (χ2v) is 7.34. The van der Waals surface area contributed by atoms with E-state index in [0.717, 1.165) is 45.4 Å². The minimum atomic E-state index is -0.586. The van der Waals surface area contributed by atoms with Crippen molar-refractivity contribution in [3.63, 3.8) is 0 Å². The molecule has 0 aromatic heterocycles. The summed E-state index contributed by atoms with van der Waals surface area (Å²) in [6, 6.07) is 11.2. The first kappa shape index (κ1) is 18.8. The molecule has 3 rings (SSSR count). The van der Waals surface area contributed by atoms with Gasteiger partial charge in [0.05, 0.1) is 32.0 Å². The average molecular weight is 349 g/mol. The smallest absolute Gasteiger partial charge is 0.0700 e. The molecule has 0 radical (unpaired) electrons. The molecule has 2 fully saturated rings. The third kappa shape index (κ3) is 5.25. The Balaban J connectivity index is 1.51. The van der Waals surface area contributed by atoms with Crippen LogP contribution < -0.4 is 0 Å². The van der Waals surface area contributed by atoms with Crippen molar-refractivity contribution in [2.24, 2.45) is 0 Å². The van der Waals surface area contributed by atoms with E-state index >= 15 is 0 Å². The van der Waals surface area contributed by atoms with Crippen LogP contribution in [-0.4, -0.2) is 67.8 Å². The van der Waals surface area contributed by atoms with Gasteiger partial charge in [-0.1, -0.05) is 30.3 Å². The molecule has 5 heteroatoms. The Morgan fingerprint density at radius 2 is 1.84 bits per heavy atom. The second-order valence-electron chi connectivity index (χ2n) is 7.34. The lowest BCUT2D eigenvalue weighted by molar-refractivity contribution is -0.149. The number of fused-ring (bicyclic) bond motifs is 2. The van der Waals surface area contributed by atoms with Gasteiger partial charge in [-0.25, -0.2) is 0 Å². The van der Waals surface area contributed by atoms with Crippen LogP contribution in [0.15, 0.2) is 30.3 Å². The number of nitrogens with zero attached hydrogens (tertiary/aromatic N) is 1. The van der Waals surface area contributed by atoms with Crippen LogP contribution in [0.25, 0.3) is 0 Å². The summed E-state index contributed by atoms with van der Waals surface area (Å²) in [6.45, 7) is 4.31. The third-order valence-electron chi connectivity index (χ3n) is 5.36. The fourth-order valence-electron chi connectivity index (χ4n) is 4.15. The largest absolute Gasteiger partial charge is 0.390 e. The Labute approximate surface area is 150 Å². The molecule has 0 amide bonds. The molecule has 1 N–H and O–H groups in total. The fraction of sp³-hybridized carbons (Fsp3) is 0.700. The number of benzene rings is 1. The lowest BCUT2D eigenvalue weighted by atomic mass is 9.78. The number of methoxy groups -OCH3 is 1. The van der Waals surface area contributed by atoms with Crippen molar-refractivity contribution in [1.29, 1.82) is 0 Å². The first-order valence-corrected chi connectivity index (χ1v) is 9.37. The predicted octanol–water partition coefficient (Wildman–Crippen LogP) is 2.22. The van der Waals surface area contributed by atoms with E-state index in [2.05, 4.69) is 35.2 Å². The molecular weight excluding hydrogens is 318 g/mol. The summed E-state index contributed by atoms with van der Waals surface area (Å²) in [5, 5.41) is 11.1. The molecule has 140 valence electrons. The molecule has 2 heterocycles. The quantitative estimate of drug-likeness (QED) is 0.693. The molecule has 2 unspecified atom stereocenters. The van der Waals surface area contributed by atoms with E-state index in [4.69, 9.17) is 14.2 Å². The van der Waals surface area contributed by atoms with Crippen molar-refractivity contribution in [1.82, 2.24) is 4.90 Å². The molecule has 1 aromatic rings. The monoisotopic (exact) mass is 349 g/mol. The molecule has 2 aliphatic rings. The SMILES string of the molecule is COCCOCCCC1(O)CC2COCC(C1)N2Cc1ccccc1. The highest BCUT2D eigenvalue weighted by Gasteiger charge is 2.45. The number of morpholine rings is 1. The van der Waals surface area contributed by atoms with E-state index in [9.17, 15) is 5.11 Å². The minimum Gasteiger partial charge on any atom is -0.390 e. The molecule has 0 saturated carbocycles. The highest BCUT2D eigenvalue weighted by molar-refractivity contribution is 5.15. The number of rotatable bonds is 9. The number of hydrogen-bond donors (Lipinski definition) is 1. The summed E-state index contributed by atoms with van der Waals surface area (Å²) in [7, 11) is 1.68. The normalized spacial score (nSPS) is 29.7. The van der Waals surface area contributed by atoms with Crippen molar-refractivity contribution in [2.45, 2.75) is 49.9 Å². The molecule has 5 nitrogen and oxygen atoms in total. The third-order valence-corrected chi connectivity index (χ3v) is 5.36. The van der Waals surface area contributed by atoms with Gasteiger partial charge < -0.3 is 19.3 Å². The van der Waals surface area contributed by atoms with Crippen LogP contribution in [0.5, 0.6) is 0 Å². The summed E-state index contributed by atoms with van der Waals surface area (Å²) in [6.07, 6.45) is 3.26. The van der Waals surface area contributed by atoms with Crippen LogP contribution in [0.1, 0.15) is 31.2 Å². The standard InChI is InChI=1S/C20H31NO4/c1-23-10-11-24-9-5-8-20(22)12-18-15-25-16-19(13-20)21(18)14-17-6-3-2-4-7-17/h2-4,6-7,18-19,22H,5,8-16H2,1H3. The lowest BCUT2D eigenvalue weighted by Crippen LogP contribution is -2.61. The van der Waals surface area contributed by atoms with E-state index in [1.54, 1.807) is 7.11 Å². The Morgan fingerprint density at radius 1 is 1.12 bits per heavy atom. The Kier molecular flexibility index (Phi) is 6.84. The molecule has 2 aliphatic heterocycles. The maximum absolute atomic E-state index is 11.1. The molecular formula is C20H31NO4. The molecule has 2 atom stereocenters. The van der Waals surface area contributed by atoms with Crippen molar-refractivity contribution in [3.8, 4) is 0 Å². The Bertz CT molecular complexity index is 496. The van der Waals surface area contributed by atoms with Crippen LogP contribution >= 0.6 is 0 Å². The van der Waals surface area contributed by atoms with Crippen molar-refractivity contribution in [2.75, 3.05) is 40.1 Å². The van der Waals surface area contributed by atoms with Crippen LogP contribution in [0.2, 0.25) is 0 Å². The van der Waals surface area contributed by atoms with Gasteiger partial charge in [0, 0.05) is 32.3 Å². The average Bonchev–Trinajstić information content (AvgIpc) is 2.60. The van der Waals surface area contributed by atoms with Gasteiger partial charge in [-0.05, 0) is 31.2 Å². The number of aliphatic hydroxyl groups is 1. The van der Waals surface area contributed by atoms with Crippen molar-refractivity contribution < 1.29 is 19.3 Å². The maximum atomic E-state index is 11.1. The first-order chi connectivity index (χ1) is 12.2. The van der Waals surface area contributed by atoms with Gasteiger partial charge in [0.2, 0.25) is 0 Å². The lowest BCUT2D eigenvalue weighted by Gasteiger charge is -2.52. The van der Waals surface area contributed by atoms with Gasteiger partial charge in [-0.15, -0.1) is 0 Å². The van der Waals surface area contributed by atoms with Crippen LogP contribution in [0.4, 0.5) is 0 Å². The summed E-state index contributed by atoms with van der Waals surface area (Å²) >= 11 is 0. The number of piperidine rings is 1. The predicted molar refractivity (Wildman–Crippen MR) is 96.5 cm³/mol. The maximum Gasteiger partial charge on any atom is 0.0700 e. The summed E-state index contributed by atoms with van der Waals surface area (Å²) < 4.78 is 16.3. The highest BCUT2D eigenvalue weighted by atomic mass is 16.5. The zero-order valence-corrected chi connectivity index (χ0v) is 15.2. The zero-order chi connectivity index (χ0) is 17.5. The number of ether oxygens (including phenoxy) is 3. The van der Waals surface area contributed by atoms with E-state index in [1.807, 2.05) is 0 Å². The van der Waals surface area contributed by atoms with Gasteiger partial charge in [-0.2, -0.15) is 0 Å². The van der Waals surface area contributed by atoms with E-state index in [0.29, 0.717) is 31.9 Å². The molecule has 0 aliphatic carbocycles. The van der Waals surface area contributed by atoms with Gasteiger partial charge in [0.25, 0.3) is 0 Å². The van der Waals surface area contributed by atoms with Crippen LogP contribution in [0.3, 0.4) is 0 Å². The van der Waals surface area contributed by atoms with Crippen LogP contribution in [-0.2, 0) is 20.8 Å². The van der Waals surface area contributed by atoms with Gasteiger partial charge in [0.1, 0.15) is 0 Å². The minimum absolute atomic E-state index is 0.298. The summed E-state index contributed by atoms with van der Waals surface area (Å²) in [4.78, 5) is 2.53. The summed E-state index contributed by atoms with van der Waals surface area (Å²) in [5.74, 6) is 0. The van der Waals surface area contributed by atoms with Gasteiger partial charge >= 0.3 is 0 Å². The van der Waals surface area contributed by atoms with Crippen LogP contribution in [0, 0.1) is 0 Å². The van der Waals surface area contributed by atoms with Crippen molar-refractivity contribution in [3.05, 3.63) is 35.9 Å². The topological polar surface area (TPSA) is 51.2 Å². The Morgan fingerprint density at radius 3 is 2.52 bits per heavy atom. The first-order valence-electron chi connectivity index (χ1n) is 9.37. The van der Waals surface area contributed by atoms with Gasteiger partial charge in [0.15, 0.2) is 0 Å². The molecule has 1 aromatic carbocycles. The number of hydrogen-bond acceptors (Lipinski definition) is 5. The van der Waals surface area contributed by atoms with E-state index in [1.165, 1.54) is 5.56 Å². The van der Waals surface area contributed by atoms with Crippen molar-refractivity contribution >= 4 is 0 Å². The van der Waals surface area contributed by atoms with E-state index < -0.39 is 5.60 Å². The second kappa shape index (κ2) is 9.10. The molecule has 0 spiro atoms. The molecule has 2 bridgehead atoms. The molecule has 25 heavy (non-hydrogen) atoms. The fourth-order valence-corrected chi connectivity index (χ4v) is 4.15. The highest BCUT2D eigenvalue weighted by Crippen LogP contribution is 2.37. The summed E-state index contributed by atoms with van der Waals surface area (Å²) in [5.41, 5.74) is 0.744. The molecule has 2 saturated heterocycles. The Hall–Kier alpha value is -0.980. The zero-order valence-electron chi connectivity index (χ0n) is 15.2. The van der Waals surface area contributed by atoms with E-state index in [-0.39, 0.29) is 0 Å². The van der Waals surface area contributed by atoms with Gasteiger partial charge in [-0.3, -0.25) is 4.90 Å².